The molecule has 0 radical (unpaired) electrons. The van der Waals surface area contributed by atoms with E-state index in [0.29, 0.717) is 17.3 Å². The molecule has 0 aliphatic carbocycles. The van der Waals surface area contributed by atoms with Crippen LogP contribution < -0.4 is 9.62 Å². The van der Waals surface area contributed by atoms with Crippen LogP contribution in [0, 0.1) is 20.8 Å². The minimum absolute atomic E-state index is 0.0795. The third-order valence-electron chi connectivity index (χ3n) is 6.91. The van der Waals surface area contributed by atoms with Crippen molar-refractivity contribution in [3.8, 4) is 0 Å². The molecule has 3 rings (SSSR count). The smallest absolute Gasteiger partial charge is 0.264 e. The normalized spacial score (nSPS) is 12.1. The summed E-state index contributed by atoms with van der Waals surface area (Å²) in [5.74, 6) is -0.810. The lowest BCUT2D eigenvalue weighted by Crippen LogP contribution is -2.51. The van der Waals surface area contributed by atoms with Crippen molar-refractivity contribution in [3.05, 3.63) is 94.0 Å². The first-order chi connectivity index (χ1) is 18.9. The second-order valence-electron chi connectivity index (χ2n) is 10.1. The molecule has 0 aromatic heterocycles. The second-order valence-corrected chi connectivity index (χ2v) is 12.4. The summed E-state index contributed by atoms with van der Waals surface area (Å²) in [5, 5.41) is 3.39. The van der Waals surface area contributed by atoms with E-state index in [0.717, 1.165) is 39.4 Å². The van der Waals surface area contributed by atoms with Gasteiger partial charge in [0.2, 0.25) is 11.8 Å². The SMILES string of the molecule is CCCCNC(=O)C(C)N(Cc1cccc(Cl)c1)C(=O)CN(c1ccc(C)c(C)c1)S(=O)(=O)c1ccc(C)cc1. The van der Waals surface area contributed by atoms with Crippen LogP contribution in [0.3, 0.4) is 0 Å². The Morgan fingerprint density at radius 2 is 1.65 bits per heavy atom. The van der Waals surface area contributed by atoms with Gasteiger partial charge in [0.15, 0.2) is 0 Å². The van der Waals surface area contributed by atoms with Crippen LogP contribution in [-0.2, 0) is 26.2 Å². The average molecular weight is 584 g/mol. The van der Waals surface area contributed by atoms with Gasteiger partial charge in [-0.1, -0.05) is 60.8 Å². The molecular formula is C31H38ClN3O4S. The number of halogens is 1. The molecule has 214 valence electrons. The summed E-state index contributed by atoms with van der Waals surface area (Å²) in [6, 6.07) is 18.0. The summed E-state index contributed by atoms with van der Waals surface area (Å²) < 4.78 is 29.0. The highest BCUT2D eigenvalue weighted by atomic mass is 35.5. The third kappa shape index (κ3) is 7.86. The first-order valence-electron chi connectivity index (χ1n) is 13.4. The van der Waals surface area contributed by atoms with Gasteiger partial charge in [-0.2, -0.15) is 0 Å². The second kappa shape index (κ2) is 13.8. The summed E-state index contributed by atoms with van der Waals surface area (Å²) in [6.45, 7) is 9.50. The maximum Gasteiger partial charge on any atom is 0.264 e. The number of carbonyl (C=O) groups is 2. The molecule has 0 aliphatic rings. The summed E-state index contributed by atoms with van der Waals surface area (Å²) in [6.07, 6.45) is 1.73. The zero-order valence-corrected chi connectivity index (χ0v) is 25.3. The van der Waals surface area contributed by atoms with Crippen molar-refractivity contribution in [1.82, 2.24) is 10.2 Å². The average Bonchev–Trinajstić information content (AvgIpc) is 2.91. The van der Waals surface area contributed by atoms with Crippen LogP contribution in [0.25, 0.3) is 0 Å². The number of hydrogen-bond acceptors (Lipinski definition) is 4. The number of nitrogens with zero attached hydrogens (tertiary/aromatic N) is 2. The molecule has 0 fully saturated rings. The molecule has 40 heavy (non-hydrogen) atoms. The van der Waals surface area contributed by atoms with Gasteiger partial charge in [0, 0.05) is 18.1 Å². The van der Waals surface area contributed by atoms with E-state index in [4.69, 9.17) is 11.6 Å². The van der Waals surface area contributed by atoms with Gasteiger partial charge in [-0.05, 0) is 87.2 Å². The predicted molar refractivity (Wildman–Crippen MR) is 161 cm³/mol. The monoisotopic (exact) mass is 583 g/mol. The number of unbranched alkanes of at least 4 members (excludes halogenated alkanes) is 1. The van der Waals surface area contributed by atoms with Crippen molar-refractivity contribution in [2.75, 3.05) is 17.4 Å². The van der Waals surface area contributed by atoms with Gasteiger partial charge in [-0.15, -0.1) is 0 Å². The lowest BCUT2D eigenvalue weighted by molar-refractivity contribution is -0.139. The number of aryl methyl sites for hydroxylation is 3. The molecule has 0 bridgehead atoms. The van der Waals surface area contributed by atoms with Crippen LogP contribution in [0.5, 0.6) is 0 Å². The molecule has 3 aromatic carbocycles. The summed E-state index contributed by atoms with van der Waals surface area (Å²) >= 11 is 6.19. The van der Waals surface area contributed by atoms with Gasteiger partial charge in [-0.3, -0.25) is 13.9 Å². The number of rotatable bonds is 12. The Kier molecular flexibility index (Phi) is 10.8. The third-order valence-corrected chi connectivity index (χ3v) is 8.93. The maximum atomic E-state index is 14.0. The number of hydrogen-bond donors (Lipinski definition) is 1. The quantitative estimate of drug-likeness (QED) is 0.273. The molecule has 0 saturated heterocycles. The van der Waals surface area contributed by atoms with Crippen LogP contribution in [-0.4, -0.2) is 44.3 Å². The van der Waals surface area contributed by atoms with Crippen LogP contribution >= 0.6 is 11.6 Å². The van der Waals surface area contributed by atoms with E-state index in [1.807, 2.05) is 39.8 Å². The Morgan fingerprint density at radius 1 is 0.950 bits per heavy atom. The zero-order valence-electron chi connectivity index (χ0n) is 23.8. The molecule has 1 N–H and O–H groups in total. The van der Waals surface area contributed by atoms with E-state index in [1.165, 1.54) is 17.0 Å². The summed E-state index contributed by atoms with van der Waals surface area (Å²) in [4.78, 5) is 28.5. The highest BCUT2D eigenvalue weighted by Crippen LogP contribution is 2.27. The lowest BCUT2D eigenvalue weighted by Gasteiger charge is -2.32. The maximum absolute atomic E-state index is 14.0. The molecule has 0 saturated carbocycles. The van der Waals surface area contributed by atoms with Gasteiger partial charge >= 0.3 is 0 Å². The van der Waals surface area contributed by atoms with E-state index in [-0.39, 0.29) is 17.3 Å². The molecule has 2 amide bonds. The van der Waals surface area contributed by atoms with Crippen molar-refractivity contribution >= 4 is 39.1 Å². The van der Waals surface area contributed by atoms with Crippen LogP contribution in [0.1, 0.15) is 48.9 Å². The summed E-state index contributed by atoms with van der Waals surface area (Å²) in [7, 11) is -4.11. The molecule has 0 aliphatic heterocycles. The molecular weight excluding hydrogens is 546 g/mol. The predicted octanol–water partition coefficient (Wildman–Crippen LogP) is 5.79. The number of nitrogens with one attached hydrogen (secondary N) is 1. The Hall–Kier alpha value is -3.36. The van der Waals surface area contributed by atoms with E-state index in [2.05, 4.69) is 5.32 Å². The van der Waals surface area contributed by atoms with Crippen LogP contribution in [0.15, 0.2) is 71.6 Å². The Balaban J connectivity index is 2.03. The minimum Gasteiger partial charge on any atom is -0.354 e. The molecule has 7 nitrogen and oxygen atoms in total. The fraction of sp³-hybridized carbons (Fsp3) is 0.355. The standard InChI is InChI=1S/C31H38ClN3O4S/c1-6-7-17-33-31(37)25(5)34(20-26-9-8-10-27(32)19-26)30(36)21-35(28-14-13-23(3)24(4)18-28)40(38,39)29-15-11-22(2)12-16-29/h8-16,18-19,25H,6-7,17,20-21H2,1-5H3,(H,33,37). The fourth-order valence-corrected chi connectivity index (χ4v) is 5.82. The van der Waals surface area contributed by atoms with Gasteiger partial charge in [0.1, 0.15) is 12.6 Å². The van der Waals surface area contributed by atoms with Gasteiger partial charge in [0.25, 0.3) is 10.0 Å². The van der Waals surface area contributed by atoms with Crippen molar-refractivity contribution in [3.63, 3.8) is 0 Å². The molecule has 3 aromatic rings. The van der Waals surface area contributed by atoms with Crippen LogP contribution in [0.2, 0.25) is 5.02 Å². The van der Waals surface area contributed by atoms with E-state index < -0.39 is 28.5 Å². The van der Waals surface area contributed by atoms with E-state index in [1.54, 1.807) is 49.4 Å². The Labute approximate surface area is 243 Å². The lowest BCUT2D eigenvalue weighted by atomic mass is 10.1. The minimum atomic E-state index is -4.11. The topological polar surface area (TPSA) is 86.8 Å². The largest absolute Gasteiger partial charge is 0.354 e. The first kappa shape index (κ1) is 31.2. The number of benzene rings is 3. The number of amides is 2. The van der Waals surface area contributed by atoms with E-state index >= 15 is 0 Å². The fourth-order valence-electron chi connectivity index (χ4n) is 4.20. The zero-order chi connectivity index (χ0) is 29.4. The number of anilines is 1. The van der Waals surface area contributed by atoms with Gasteiger partial charge in [0.05, 0.1) is 10.6 Å². The Bertz CT molecular complexity index is 1440. The van der Waals surface area contributed by atoms with Crippen LogP contribution in [0.4, 0.5) is 5.69 Å². The number of carbonyl (C=O) groups excluding carboxylic acids is 2. The van der Waals surface area contributed by atoms with Gasteiger partial charge < -0.3 is 10.2 Å². The molecule has 9 heteroatoms. The van der Waals surface area contributed by atoms with Crippen molar-refractivity contribution in [2.24, 2.45) is 0 Å². The van der Waals surface area contributed by atoms with Gasteiger partial charge in [-0.25, -0.2) is 8.42 Å². The van der Waals surface area contributed by atoms with Crippen molar-refractivity contribution in [2.45, 2.75) is 64.9 Å². The summed E-state index contributed by atoms with van der Waals surface area (Å²) in [5.41, 5.74) is 3.92. The first-order valence-corrected chi connectivity index (χ1v) is 15.2. The number of sulfonamides is 1. The Morgan fingerprint density at radius 3 is 2.27 bits per heavy atom. The molecule has 1 unspecified atom stereocenters. The van der Waals surface area contributed by atoms with Crippen molar-refractivity contribution in [1.29, 1.82) is 0 Å². The highest BCUT2D eigenvalue weighted by Gasteiger charge is 2.32. The van der Waals surface area contributed by atoms with Crippen molar-refractivity contribution < 1.29 is 18.0 Å². The van der Waals surface area contributed by atoms with E-state index in [9.17, 15) is 18.0 Å². The molecule has 0 spiro atoms. The highest BCUT2D eigenvalue weighted by molar-refractivity contribution is 7.92. The molecule has 0 heterocycles. The molecule has 1 atom stereocenters.